The molecule has 3 aromatic rings. The van der Waals surface area contributed by atoms with Gasteiger partial charge in [-0.15, -0.1) is 0 Å². The van der Waals surface area contributed by atoms with Crippen LogP contribution in [-0.4, -0.2) is 23.5 Å². The van der Waals surface area contributed by atoms with Crippen molar-refractivity contribution in [2.24, 2.45) is 0 Å². The fraction of sp³-hybridized carbons (Fsp3) is 0.375. The van der Waals surface area contributed by atoms with Crippen LogP contribution in [0.25, 0.3) is 11.5 Å². The van der Waals surface area contributed by atoms with Gasteiger partial charge in [-0.05, 0) is 63.4 Å². The van der Waals surface area contributed by atoms with Crippen LogP contribution in [0.5, 0.6) is 5.75 Å². The summed E-state index contributed by atoms with van der Waals surface area (Å²) in [6.07, 6.45) is 3.60. The monoisotopic (exact) mass is 376 g/mol. The molecule has 0 radical (unpaired) electrons. The molecule has 28 heavy (non-hydrogen) atoms. The van der Waals surface area contributed by atoms with Crippen LogP contribution in [-0.2, 0) is 13.0 Å². The molecule has 0 saturated heterocycles. The second-order valence-corrected chi connectivity index (χ2v) is 7.47. The predicted molar refractivity (Wildman–Crippen MR) is 111 cm³/mol. The Morgan fingerprint density at radius 2 is 1.93 bits per heavy atom. The van der Waals surface area contributed by atoms with Crippen molar-refractivity contribution in [2.45, 2.75) is 45.7 Å². The number of ether oxygens (including phenoxy) is 1. The van der Waals surface area contributed by atoms with Crippen molar-refractivity contribution < 1.29 is 9.15 Å². The summed E-state index contributed by atoms with van der Waals surface area (Å²) in [6.45, 7) is 5.37. The largest absolute Gasteiger partial charge is 0.493 e. The minimum Gasteiger partial charge on any atom is -0.493 e. The third-order valence-corrected chi connectivity index (χ3v) is 5.58. The molecule has 1 aromatic heterocycles. The summed E-state index contributed by atoms with van der Waals surface area (Å²) in [5.74, 6) is 2.32. The molecular weight excluding hydrogens is 348 g/mol. The lowest BCUT2D eigenvalue weighted by atomic mass is 9.87. The Morgan fingerprint density at radius 1 is 1.14 bits per heavy atom. The fourth-order valence-electron chi connectivity index (χ4n) is 4.15. The maximum Gasteiger partial charge on any atom is 0.230 e. The van der Waals surface area contributed by atoms with Crippen LogP contribution in [0.3, 0.4) is 0 Å². The highest BCUT2D eigenvalue weighted by atomic mass is 16.5. The van der Waals surface area contributed by atoms with Gasteiger partial charge in [-0.3, -0.25) is 4.90 Å². The molecule has 4 rings (SSSR count). The second kappa shape index (κ2) is 8.19. The number of para-hydroxylation sites is 1. The molecule has 0 fully saturated rings. The second-order valence-electron chi connectivity index (χ2n) is 7.47. The number of benzene rings is 2. The SMILES string of the molecule is CCOc1ccccc1-c1nc(CN(C)C2CCCc3ccccc32)c(C)o1. The molecule has 1 aliphatic rings. The Kier molecular flexibility index (Phi) is 5.49. The zero-order valence-corrected chi connectivity index (χ0v) is 16.9. The van der Waals surface area contributed by atoms with E-state index in [1.807, 2.05) is 38.1 Å². The van der Waals surface area contributed by atoms with E-state index in [2.05, 4.69) is 36.2 Å². The number of hydrogen-bond donors (Lipinski definition) is 0. The molecule has 1 aliphatic carbocycles. The zero-order chi connectivity index (χ0) is 19.5. The number of fused-ring (bicyclic) bond motifs is 1. The topological polar surface area (TPSA) is 38.5 Å². The van der Waals surface area contributed by atoms with E-state index in [1.54, 1.807) is 0 Å². The van der Waals surface area contributed by atoms with E-state index in [0.717, 1.165) is 29.3 Å². The fourth-order valence-corrected chi connectivity index (χ4v) is 4.15. The van der Waals surface area contributed by atoms with Gasteiger partial charge in [0.1, 0.15) is 11.5 Å². The molecule has 0 N–H and O–H groups in total. The van der Waals surface area contributed by atoms with Crippen molar-refractivity contribution >= 4 is 0 Å². The first-order valence-corrected chi connectivity index (χ1v) is 10.1. The van der Waals surface area contributed by atoms with Gasteiger partial charge in [0, 0.05) is 12.6 Å². The average molecular weight is 377 g/mol. The molecule has 1 atom stereocenters. The molecule has 0 amide bonds. The van der Waals surface area contributed by atoms with E-state index in [4.69, 9.17) is 14.1 Å². The highest BCUT2D eigenvalue weighted by molar-refractivity contribution is 5.63. The molecule has 0 saturated carbocycles. The number of aromatic nitrogens is 1. The van der Waals surface area contributed by atoms with Crippen molar-refractivity contribution in [1.29, 1.82) is 0 Å². The molecule has 4 heteroatoms. The third kappa shape index (κ3) is 3.69. The van der Waals surface area contributed by atoms with Crippen molar-refractivity contribution in [3.8, 4) is 17.2 Å². The summed E-state index contributed by atoms with van der Waals surface area (Å²) in [5, 5.41) is 0. The van der Waals surface area contributed by atoms with Crippen LogP contribution < -0.4 is 4.74 Å². The standard InChI is InChI=1S/C24H28N2O2/c1-4-27-23-15-8-7-13-20(23)24-25-21(17(2)28-24)16-26(3)22-14-9-11-18-10-5-6-12-19(18)22/h5-8,10,12-13,15,22H,4,9,11,14,16H2,1-3H3. The molecule has 0 aliphatic heterocycles. The lowest BCUT2D eigenvalue weighted by molar-refractivity contribution is 0.210. The van der Waals surface area contributed by atoms with Gasteiger partial charge in [0.2, 0.25) is 5.89 Å². The summed E-state index contributed by atoms with van der Waals surface area (Å²) in [4.78, 5) is 7.23. The van der Waals surface area contributed by atoms with E-state index in [-0.39, 0.29) is 0 Å². The summed E-state index contributed by atoms with van der Waals surface area (Å²) in [6, 6.07) is 17.2. The summed E-state index contributed by atoms with van der Waals surface area (Å²) >= 11 is 0. The summed E-state index contributed by atoms with van der Waals surface area (Å²) in [7, 11) is 2.19. The van der Waals surface area contributed by atoms with Gasteiger partial charge in [0.25, 0.3) is 0 Å². The predicted octanol–water partition coefficient (Wildman–Crippen LogP) is 5.56. The third-order valence-electron chi connectivity index (χ3n) is 5.58. The van der Waals surface area contributed by atoms with Crippen LogP contribution in [0.15, 0.2) is 52.9 Å². The van der Waals surface area contributed by atoms with Crippen molar-refractivity contribution in [3.63, 3.8) is 0 Å². The van der Waals surface area contributed by atoms with Gasteiger partial charge in [-0.25, -0.2) is 4.98 Å². The normalized spacial score (nSPS) is 16.2. The average Bonchev–Trinajstić information content (AvgIpc) is 3.08. The van der Waals surface area contributed by atoms with E-state index in [9.17, 15) is 0 Å². The smallest absolute Gasteiger partial charge is 0.230 e. The van der Waals surface area contributed by atoms with Gasteiger partial charge >= 0.3 is 0 Å². The molecule has 0 bridgehead atoms. The van der Waals surface area contributed by atoms with Gasteiger partial charge in [-0.2, -0.15) is 0 Å². The number of nitrogens with zero attached hydrogens (tertiary/aromatic N) is 2. The highest BCUT2D eigenvalue weighted by Crippen LogP contribution is 2.35. The zero-order valence-electron chi connectivity index (χ0n) is 16.9. The molecule has 1 unspecified atom stereocenters. The van der Waals surface area contributed by atoms with Gasteiger partial charge in [0.15, 0.2) is 0 Å². The number of oxazole rings is 1. The lowest BCUT2D eigenvalue weighted by Gasteiger charge is -2.33. The molecule has 4 nitrogen and oxygen atoms in total. The minimum atomic E-state index is 0.431. The van der Waals surface area contributed by atoms with Crippen molar-refractivity contribution in [1.82, 2.24) is 9.88 Å². The molecule has 1 heterocycles. The summed E-state index contributed by atoms with van der Waals surface area (Å²) in [5.41, 5.74) is 4.84. The minimum absolute atomic E-state index is 0.431. The molecular formula is C24H28N2O2. The van der Waals surface area contributed by atoms with E-state index < -0.39 is 0 Å². The quantitative estimate of drug-likeness (QED) is 0.565. The maximum atomic E-state index is 6.03. The Hall–Kier alpha value is -2.59. The maximum absolute atomic E-state index is 6.03. The number of hydrogen-bond acceptors (Lipinski definition) is 4. The van der Waals surface area contributed by atoms with E-state index >= 15 is 0 Å². The van der Waals surface area contributed by atoms with Gasteiger partial charge < -0.3 is 9.15 Å². The number of aryl methyl sites for hydroxylation is 2. The molecule has 2 aromatic carbocycles. The summed E-state index contributed by atoms with van der Waals surface area (Å²) < 4.78 is 11.8. The first-order valence-electron chi connectivity index (χ1n) is 10.1. The lowest BCUT2D eigenvalue weighted by Crippen LogP contribution is -2.27. The Labute approximate surface area is 167 Å². The number of rotatable bonds is 6. The van der Waals surface area contributed by atoms with Crippen LogP contribution in [0.4, 0.5) is 0 Å². The Bertz CT molecular complexity index is 947. The van der Waals surface area contributed by atoms with Crippen LogP contribution in [0.1, 0.15) is 48.4 Å². The van der Waals surface area contributed by atoms with Crippen LogP contribution in [0.2, 0.25) is 0 Å². The van der Waals surface area contributed by atoms with Crippen molar-refractivity contribution in [2.75, 3.05) is 13.7 Å². The van der Waals surface area contributed by atoms with Crippen molar-refractivity contribution in [3.05, 3.63) is 71.1 Å². The first kappa shape index (κ1) is 18.8. The van der Waals surface area contributed by atoms with Gasteiger partial charge in [0.05, 0.1) is 17.9 Å². The Balaban J connectivity index is 1.57. The van der Waals surface area contributed by atoms with E-state index in [1.165, 1.54) is 30.4 Å². The first-order chi connectivity index (χ1) is 13.7. The van der Waals surface area contributed by atoms with E-state index in [0.29, 0.717) is 18.5 Å². The molecule has 146 valence electrons. The molecule has 0 spiro atoms. The Morgan fingerprint density at radius 3 is 2.79 bits per heavy atom. The van der Waals surface area contributed by atoms with Gasteiger partial charge in [-0.1, -0.05) is 36.4 Å². The highest BCUT2D eigenvalue weighted by Gasteiger charge is 2.25. The van der Waals surface area contributed by atoms with Crippen LogP contribution in [0, 0.1) is 6.92 Å². The van der Waals surface area contributed by atoms with Crippen LogP contribution >= 0.6 is 0 Å².